The molecule has 1 saturated heterocycles. The molecule has 0 spiro atoms. The van der Waals surface area contributed by atoms with Crippen LogP contribution < -0.4 is 9.64 Å². The number of benzene rings is 2. The Hall–Kier alpha value is -2.15. The third-order valence-electron chi connectivity index (χ3n) is 5.74. The molecule has 1 aliphatic heterocycles. The Morgan fingerprint density at radius 1 is 1.03 bits per heavy atom. The minimum absolute atomic E-state index is 0.0854. The van der Waals surface area contributed by atoms with Crippen LogP contribution in [0.1, 0.15) is 52.2 Å². The molecule has 0 bridgehead atoms. The number of amides is 1. The van der Waals surface area contributed by atoms with Crippen molar-refractivity contribution in [2.75, 3.05) is 31.1 Å². The summed E-state index contributed by atoms with van der Waals surface area (Å²) in [6.45, 7) is 14.8. The van der Waals surface area contributed by atoms with E-state index in [1.54, 1.807) is 4.90 Å². The highest BCUT2D eigenvalue weighted by atomic mass is 32.2. The molecule has 1 heterocycles. The van der Waals surface area contributed by atoms with E-state index in [-0.39, 0.29) is 11.3 Å². The fourth-order valence-corrected chi connectivity index (χ4v) is 4.93. The molecule has 0 unspecified atom stereocenters. The number of hydrogen-bond acceptors (Lipinski definition) is 5. The zero-order valence-corrected chi connectivity index (χ0v) is 21.9. The van der Waals surface area contributed by atoms with Crippen molar-refractivity contribution >= 4 is 46.0 Å². The van der Waals surface area contributed by atoms with Crippen LogP contribution in [0.15, 0.2) is 53.4 Å². The molecule has 0 N–H and O–H groups in total. The van der Waals surface area contributed by atoms with Gasteiger partial charge in [-0.2, -0.15) is 0 Å². The molecule has 0 radical (unpaired) electrons. The lowest BCUT2D eigenvalue weighted by Gasteiger charge is -2.18. The molecule has 176 valence electrons. The van der Waals surface area contributed by atoms with Crippen LogP contribution in [0.5, 0.6) is 5.75 Å². The van der Waals surface area contributed by atoms with Crippen LogP contribution in [-0.4, -0.2) is 41.4 Å². The second-order valence-electron chi connectivity index (χ2n) is 9.11. The Bertz CT molecular complexity index is 988. The Balaban J connectivity index is 1.62. The first-order chi connectivity index (χ1) is 15.7. The average molecular weight is 483 g/mol. The predicted molar refractivity (Wildman–Crippen MR) is 145 cm³/mol. The smallest absolute Gasteiger partial charge is 0.270 e. The molecule has 6 heteroatoms. The monoisotopic (exact) mass is 482 g/mol. The van der Waals surface area contributed by atoms with Gasteiger partial charge in [0.05, 0.1) is 17.2 Å². The molecule has 1 amide bonds. The molecule has 0 aromatic heterocycles. The molecule has 1 fully saturated rings. The number of hydrogen-bond donors (Lipinski definition) is 0. The van der Waals surface area contributed by atoms with Crippen molar-refractivity contribution in [3.63, 3.8) is 0 Å². The molecule has 0 saturated carbocycles. The topological polar surface area (TPSA) is 32.8 Å². The largest absolute Gasteiger partial charge is 0.494 e. The summed E-state index contributed by atoms with van der Waals surface area (Å²) in [6, 6.07) is 15.9. The van der Waals surface area contributed by atoms with E-state index in [2.05, 4.69) is 63.8 Å². The van der Waals surface area contributed by atoms with Gasteiger partial charge >= 0.3 is 0 Å². The zero-order valence-electron chi connectivity index (χ0n) is 20.3. The van der Waals surface area contributed by atoms with Crippen LogP contribution in [0, 0.1) is 0 Å². The van der Waals surface area contributed by atoms with Crippen LogP contribution >= 0.6 is 24.0 Å². The third kappa shape index (κ3) is 6.69. The fourth-order valence-electron chi connectivity index (χ4n) is 3.63. The molecular weight excluding hydrogens is 448 g/mol. The van der Waals surface area contributed by atoms with Crippen LogP contribution in [0.2, 0.25) is 0 Å². The van der Waals surface area contributed by atoms with Crippen molar-refractivity contribution in [1.82, 2.24) is 4.90 Å². The maximum atomic E-state index is 13.1. The van der Waals surface area contributed by atoms with Gasteiger partial charge < -0.3 is 9.64 Å². The average Bonchev–Trinajstić information content (AvgIpc) is 3.07. The summed E-state index contributed by atoms with van der Waals surface area (Å²) in [7, 11) is 0. The molecule has 33 heavy (non-hydrogen) atoms. The van der Waals surface area contributed by atoms with Crippen LogP contribution in [0.3, 0.4) is 0 Å². The first-order valence-electron chi connectivity index (χ1n) is 11.6. The quantitative estimate of drug-likeness (QED) is 0.231. The number of carbonyl (C=O) groups is 1. The van der Waals surface area contributed by atoms with Crippen LogP contribution in [0.4, 0.5) is 5.69 Å². The number of rotatable bonds is 9. The number of nitrogens with zero attached hydrogens (tertiary/aromatic N) is 2. The van der Waals surface area contributed by atoms with Crippen LogP contribution in [-0.2, 0) is 10.2 Å². The van der Waals surface area contributed by atoms with Gasteiger partial charge in [0.1, 0.15) is 5.75 Å². The summed E-state index contributed by atoms with van der Waals surface area (Å²) in [5.41, 5.74) is 3.13. The van der Waals surface area contributed by atoms with Gasteiger partial charge in [0.15, 0.2) is 4.32 Å². The van der Waals surface area contributed by atoms with Crippen LogP contribution in [0.25, 0.3) is 6.08 Å². The number of anilines is 1. The van der Waals surface area contributed by atoms with Gasteiger partial charge in [0.2, 0.25) is 0 Å². The molecular formula is C27H34N2O2S2. The highest BCUT2D eigenvalue weighted by molar-refractivity contribution is 8.27. The van der Waals surface area contributed by atoms with E-state index in [0.717, 1.165) is 43.1 Å². The molecule has 2 aromatic rings. The summed E-state index contributed by atoms with van der Waals surface area (Å²) in [5.74, 6) is 0.719. The summed E-state index contributed by atoms with van der Waals surface area (Å²) in [4.78, 5) is 17.7. The van der Waals surface area contributed by atoms with Crippen molar-refractivity contribution < 1.29 is 9.53 Å². The molecule has 3 rings (SSSR count). The summed E-state index contributed by atoms with van der Waals surface area (Å²) in [5, 5.41) is 0. The molecule has 2 aromatic carbocycles. The van der Waals surface area contributed by atoms with Gasteiger partial charge in [-0.3, -0.25) is 9.69 Å². The second-order valence-corrected chi connectivity index (χ2v) is 10.8. The van der Waals surface area contributed by atoms with Gasteiger partial charge in [0, 0.05) is 6.54 Å². The van der Waals surface area contributed by atoms with Gasteiger partial charge in [-0.25, -0.2) is 0 Å². The van der Waals surface area contributed by atoms with E-state index in [0.29, 0.717) is 15.8 Å². The molecule has 1 aliphatic rings. The van der Waals surface area contributed by atoms with Gasteiger partial charge in [0.25, 0.3) is 5.91 Å². The highest BCUT2D eigenvalue weighted by Crippen LogP contribution is 2.36. The third-order valence-corrected chi connectivity index (χ3v) is 7.05. The Labute approximate surface area is 208 Å². The van der Waals surface area contributed by atoms with E-state index in [1.165, 1.54) is 17.3 Å². The number of carbonyl (C=O) groups excluding carboxylic acids is 1. The van der Waals surface area contributed by atoms with Gasteiger partial charge in [-0.1, -0.05) is 82.9 Å². The van der Waals surface area contributed by atoms with Crippen molar-refractivity contribution in [2.24, 2.45) is 0 Å². The van der Waals surface area contributed by atoms with Gasteiger partial charge in [-0.05, 0) is 66.4 Å². The van der Waals surface area contributed by atoms with Crippen molar-refractivity contribution in [3.8, 4) is 5.75 Å². The SMILES string of the molecule is CCN(CC)CCCOc1ccc(N2C(=O)C(=Cc3ccc(C(C)(C)C)cc3)SC2=S)cc1. The molecule has 0 atom stereocenters. The first-order valence-corrected chi connectivity index (χ1v) is 12.8. The minimum atomic E-state index is -0.0854. The van der Waals surface area contributed by atoms with E-state index in [4.69, 9.17) is 17.0 Å². The first kappa shape index (κ1) is 25.5. The number of thiocarbonyl (C=S) groups is 1. The summed E-state index contributed by atoms with van der Waals surface area (Å²) in [6.07, 6.45) is 2.90. The molecule has 0 aliphatic carbocycles. The normalized spacial score (nSPS) is 15.7. The van der Waals surface area contributed by atoms with E-state index in [1.807, 2.05) is 30.3 Å². The number of ether oxygens (including phenoxy) is 1. The van der Waals surface area contributed by atoms with Gasteiger partial charge in [-0.15, -0.1) is 0 Å². The lowest BCUT2D eigenvalue weighted by Crippen LogP contribution is -2.27. The summed E-state index contributed by atoms with van der Waals surface area (Å²) < 4.78 is 6.42. The van der Waals surface area contributed by atoms with E-state index in [9.17, 15) is 4.79 Å². The Morgan fingerprint density at radius 2 is 1.67 bits per heavy atom. The second kappa shape index (κ2) is 11.3. The van der Waals surface area contributed by atoms with E-state index >= 15 is 0 Å². The van der Waals surface area contributed by atoms with Crippen molar-refractivity contribution in [3.05, 3.63) is 64.6 Å². The van der Waals surface area contributed by atoms with Crippen molar-refractivity contribution in [1.29, 1.82) is 0 Å². The summed E-state index contributed by atoms with van der Waals surface area (Å²) >= 11 is 6.86. The fraction of sp³-hybridized carbons (Fsp3) is 0.407. The minimum Gasteiger partial charge on any atom is -0.494 e. The standard InChI is InChI=1S/C27H34N2O2S2/c1-6-28(7-2)17-8-18-31-23-15-13-22(14-16-23)29-25(30)24(33-26(29)32)19-20-9-11-21(12-10-20)27(3,4)5/h9-16,19H,6-8,17-18H2,1-5H3. The maximum absolute atomic E-state index is 13.1. The lowest BCUT2D eigenvalue weighted by atomic mass is 9.87. The maximum Gasteiger partial charge on any atom is 0.270 e. The number of thioether (sulfide) groups is 1. The predicted octanol–water partition coefficient (Wildman–Crippen LogP) is 6.50. The lowest BCUT2D eigenvalue weighted by molar-refractivity contribution is -0.113. The highest BCUT2D eigenvalue weighted by Gasteiger charge is 2.33. The Kier molecular flexibility index (Phi) is 8.74. The van der Waals surface area contributed by atoms with Crippen molar-refractivity contribution in [2.45, 2.75) is 46.5 Å². The Morgan fingerprint density at radius 3 is 2.24 bits per heavy atom. The molecule has 4 nitrogen and oxygen atoms in total. The van der Waals surface area contributed by atoms with E-state index < -0.39 is 0 Å². The zero-order chi connectivity index (χ0) is 24.0.